The molecule has 2 aliphatic heterocycles. The van der Waals surface area contributed by atoms with E-state index in [1.807, 2.05) is 17.0 Å². The fourth-order valence-electron chi connectivity index (χ4n) is 7.57. The molecule has 0 radical (unpaired) electrons. The highest BCUT2D eigenvalue weighted by Gasteiger charge is 2.54. The lowest BCUT2D eigenvalue weighted by atomic mass is 9.88. The summed E-state index contributed by atoms with van der Waals surface area (Å²) in [5.74, 6) is -4.14. The van der Waals surface area contributed by atoms with Crippen molar-refractivity contribution in [3.05, 3.63) is 88.4 Å². The molecule has 5 rings (SSSR count). The maximum absolute atomic E-state index is 17.0. The maximum atomic E-state index is 17.0. The van der Waals surface area contributed by atoms with Crippen molar-refractivity contribution in [2.75, 3.05) is 60.1 Å². The van der Waals surface area contributed by atoms with Gasteiger partial charge >= 0.3 is 12.9 Å². The van der Waals surface area contributed by atoms with Gasteiger partial charge in [-0.25, -0.2) is 4.79 Å². The second kappa shape index (κ2) is 19.6. The summed E-state index contributed by atoms with van der Waals surface area (Å²) in [7, 11) is 3.35. The zero-order valence-corrected chi connectivity index (χ0v) is 36.1. The van der Waals surface area contributed by atoms with Crippen LogP contribution in [0.3, 0.4) is 0 Å². The van der Waals surface area contributed by atoms with Crippen LogP contribution in [-0.2, 0) is 30.9 Å². The molecule has 0 saturated carbocycles. The van der Waals surface area contributed by atoms with Crippen LogP contribution in [0.1, 0.15) is 67.5 Å². The molecule has 2 aromatic heterocycles. The second-order valence-corrected chi connectivity index (χ2v) is 18.2. The van der Waals surface area contributed by atoms with Crippen LogP contribution < -0.4 is 15.5 Å². The molecule has 2 aliphatic rings. The van der Waals surface area contributed by atoms with Gasteiger partial charge in [0.15, 0.2) is 11.4 Å². The number of hydrogen-bond acceptors (Lipinski definition) is 9. The van der Waals surface area contributed by atoms with Gasteiger partial charge in [0.1, 0.15) is 11.8 Å². The molecular formula is C41H57BF2N7O9S+. The summed E-state index contributed by atoms with van der Waals surface area (Å²) in [4.78, 5) is 45.1. The van der Waals surface area contributed by atoms with Crippen molar-refractivity contribution in [2.45, 2.75) is 64.3 Å². The van der Waals surface area contributed by atoms with Gasteiger partial charge in [-0.2, -0.15) is 8.42 Å². The molecule has 3 aromatic rings. The van der Waals surface area contributed by atoms with Crippen molar-refractivity contribution in [1.82, 2.24) is 24.7 Å². The minimum Gasteiger partial charge on any atom is -0.492 e. The van der Waals surface area contributed by atoms with E-state index < -0.39 is 58.4 Å². The largest absolute Gasteiger partial charge is 0.737 e. The molecule has 4 heterocycles. The van der Waals surface area contributed by atoms with Crippen molar-refractivity contribution in [1.29, 1.82) is 0 Å². The zero-order chi connectivity index (χ0) is 44.7. The molecule has 0 aliphatic carbocycles. The lowest BCUT2D eigenvalue weighted by Gasteiger charge is -2.32. The van der Waals surface area contributed by atoms with E-state index in [0.29, 0.717) is 71.7 Å². The number of quaternary nitrogens is 1. The molecule has 5 N–H and O–H groups in total. The predicted octanol–water partition coefficient (Wildman–Crippen LogP) is 3.08. The Bertz CT molecular complexity index is 2280. The van der Waals surface area contributed by atoms with Gasteiger partial charge in [0.05, 0.1) is 27.7 Å². The summed E-state index contributed by atoms with van der Waals surface area (Å²) < 4.78 is 70.8. The monoisotopic (exact) mass is 872 g/mol. The molecule has 61 heavy (non-hydrogen) atoms. The highest BCUT2D eigenvalue weighted by molar-refractivity contribution is 7.85. The number of halogens is 2. The number of amides is 2. The van der Waals surface area contributed by atoms with E-state index in [1.54, 1.807) is 50.4 Å². The summed E-state index contributed by atoms with van der Waals surface area (Å²) in [6.45, 7) is -0.806. The molecule has 0 bridgehead atoms. The predicted molar refractivity (Wildman–Crippen MR) is 227 cm³/mol. The number of unbranched alkanes of at least 4 members (excludes halogenated alkanes) is 2. The Morgan fingerprint density at radius 1 is 0.951 bits per heavy atom. The first-order chi connectivity index (χ1) is 28.6. The highest BCUT2D eigenvalue weighted by atomic mass is 32.2. The summed E-state index contributed by atoms with van der Waals surface area (Å²) in [6.07, 6.45) is 6.44. The van der Waals surface area contributed by atoms with Gasteiger partial charge in [-0.15, -0.1) is 4.73 Å². The van der Waals surface area contributed by atoms with E-state index in [-0.39, 0.29) is 31.5 Å². The van der Waals surface area contributed by atoms with E-state index in [4.69, 9.17) is 4.84 Å². The van der Waals surface area contributed by atoms with Gasteiger partial charge in [0.25, 0.3) is 10.1 Å². The SMILES string of the molecule is Cc1cc(CCC(=O)NC(CS(=O)(=O)O)C(=O)NCCN(C)CCCCCC(=O)On2c(O)ccc2O)n2c1C=C1C(CCC[N+](C)(C)C)=CC(c3ccccc3)=[N+]1[B-]2(F)F. The van der Waals surface area contributed by atoms with Gasteiger partial charge in [-0.1, -0.05) is 24.6 Å². The number of fused-ring (bicyclic) bond motifs is 2. The summed E-state index contributed by atoms with van der Waals surface area (Å²) in [5, 5.41) is 24.1. The molecule has 0 saturated heterocycles. The highest BCUT2D eigenvalue weighted by Crippen LogP contribution is 2.39. The molecule has 0 spiro atoms. The first kappa shape index (κ1) is 46.8. The van der Waals surface area contributed by atoms with E-state index in [2.05, 4.69) is 31.8 Å². The van der Waals surface area contributed by atoms with Gasteiger partial charge < -0.3 is 52.7 Å². The number of nitrogens with zero attached hydrogens (tertiary/aromatic N) is 5. The van der Waals surface area contributed by atoms with Crippen molar-refractivity contribution in [3.8, 4) is 11.8 Å². The molecule has 1 aromatic carbocycles. The minimum absolute atomic E-state index is 0.0553. The number of benzene rings is 1. The van der Waals surface area contributed by atoms with Crippen molar-refractivity contribution in [2.24, 2.45) is 0 Å². The molecule has 1 unspecified atom stereocenters. The zero-order valence-electron chi connectivity index (χ0n) is 35.3. The summed E-state index contributed by atoms with van der Waals surface area (Å²) in [5.41, 5.74) is 3.44. The second-order valence-electron chi connectivity index (χ2n) is 16.7. The van der Waals surface area contributed by atoms with Gasteiger partial charge in [-0.3, -0.25) is 14.1 Å². The van der Waals surface area contributed by atoms with Crippen LogP contribution in [0.25, 0.3) is 6.08 Å². The molecule has 20 heteroatoms. The number of hydrogen-bond donors (Lipinski definition) is 5. The van der Waals surface area contributed by atoms with Crippen LogP contribution >= 0.6 is 0 Å². The number of aromatic nitrogens is 2. The Hall–Kier alpha value is -5.31. The van der Waals surface area contributed by atoms with Crippen LogP contribution in [-0.4, -0.2) is 143 Å². The van der Waals surface area contributed by atoms with Crippen molar-refractivity contribution >= 4 is 46.7 Å². The third-order valence-corrected chi connectivity index (χ3v) is 11.4. The quantitative estimate of drug-likeness (QED) is 0.0434. The third kappa shape index (κ3) is 12.4. The van der Waals surface area contributed by atoms with Gasteiger partial charge in [0, 0.05) is 73.5 Å². The van der Waals surface area contributed by atoms with Crippen molar-refractivity contribution < 1.29 is 60.0 Å². The smallest absolute Gasteiger partial charge is 0.492 e. The lowest BCUT2D eigenvalue weighted by Crippen LogP contribution is -2.52. The number of aromatic hydroxyl groups is 2. The molecular weight excluding hydrogens is 815 g/mol. The van der Waals surface area contributed by atoms with E-state index in [1.165, 1.54) is 12.1 Å². The fraction of sp³-hybridized carbons (Fsp3) is 0.463. The summed E-state index contributed by atoms with van der Waals surface area (Å²) in [6, 6.07) is 11.4. The number of rotatable bonds is 22. The first-order valence-corrected chi connectivity index (χ1v) is 21.9. The van der Waals surface area contributed by atoms with Crippen LogP contribution in [0.5, 0.6) is 11.8 Å². The van der Waals surface area contributed by atoms with Crippen molar-refractivity contribution in [3.63, 3.8) is 0 Å². The minimum atomic E-state index is -4.71. The molecule has 2 amide bonds. The van der Waals surface area contributed by atoms with Crippen LogP contribution in [0.4, 0.5) is 8.63 Å². The number of carbonyl (C=O) groups excluding carboxylic acids is 3. The lowest BCUT2D eigenvalue weighted by molar-refractivity contribution is -0.870. The molecule has 1 atom stereocenters. The van der Waals surface area contributed by atoms with Crippen LogP contribution in [0.2, 0.25) is 0 Å². The van der Waals surface area contributed by atoms with E-state index in [9.17, 15) is 37.6 Å². The van der Waals surface area contributed by atoms with Crippen LogP contribution in [0, 0.1) is 6.92 Å². The number of carbonyl (C=O) groups is 3. The Balaban J connectivity index is 1.17. The fourth-order valence-corrected chi connectivity index (χ4v) is 8.22. The first-order valence-electron chi connectivity index (χ1n) is 20.3. The van der Waals surface area contributed by atoms with Crippen LogP contribution in [0.15, 0.2) is 65.9 Å². The Kier molecular flexibility index (Phi) is 15.0. The molecule has 0 fully saturated rings. The Labute approximate surface area is 355 Å². The number of nitrogens with one attached hydrogen (secondary N) is 2. The molecule has 16 nitrogen and oxygen atoms in total. The maximum Gasteiger partial charge on any atom is 0.737 e. The van der Waals surface area contributed by atoms with E-state index in [0.717, 1.165) is 32.0 Å². The average Bonchev–Trinajstić information content (AvgIpc) is 3.82. The molecule has 332 valence electrons. The van der Waals surface area contributed by atoms with Gasteiger partial charge in [0.2, 0.25) is 23.6 Å². The van der Waals surface area contributed by atoms with Gasteiger partial charge in [-0.05, 0) is 75.7 Å². The van der Waals surface area contributed by atoms with E-state index >= 15 is 8.63 Å². The number of aryl methyl sites for hydroxylation is 2. The third-order valence-electron chi connectivity index (χ3n) is 10.6. The Morgan fingerprint density at radius 2 is 1.64 bits per heavy atom. The normalized spacial score (nSPS) is 15.2. The Morgan fingerprint density at radius 3 is 2.30 bits per heavy atom. The average molecular weight is 873 g/mol. The topological polar surface area (TPSA) is 195 Å². The number of allylic oxidation sites excluding steroid dienone is 2. The standard InChI is InChI=1S/C41H56BF2N7O9S/c1-29-25-32(48-34(29)27-36-31(15-12-24-51(3,4)5)26-35(49(36)42(48,43)44)30-13-8-6-9-14-30)17-18-37(52)46-33(28-61(57,58)59)41(56)45-21-23-47(2)22-11-7-10-16-40(55)60-50-38(53)19-20-39(50)54/h6,8-9,13-14,19-20,25-27,33H,7,10-12,15-18,21-24,28H2,1-5H3,(H4-,45,46,52,53,54,56,57,58,59)/p+1. The summed E-state index contributed by atoms with van der Waals surface area (Å²) >= 11 is 0. The number of likely N-dealkylation sites (N-methyl/N-ethyl adjacent to an activating group) is 1.